The number of thioether (sulfide) groups is 1. The molecule has 0 aliphatic carbocycles. The molecule has 56 valence electrons. The molecular weight excluding hydrogens is 148 g/mol. The largest absolute Gasteiger partial charge is 0.372 e. The maximum Gasteiger partial charge on any atom is 0.182 e. The Labute approximate surface area is 64.6 Å². The van der Waals surface area contributed by atoms with Crippen molar-refractivity contribution >= 4 is 17.5 Å². The molecule has 0 unspecified atom stereocenters. The van der Waals surface area contributed by atoms with E-state index in [2.05, 4.69) is 0 Å². The predicted molar refractivity (Wildman–Crippen MR) is 42.0 cm³/mol. The first-order valence-corrected chi connectivity index (χ1v) is 4.19. The normalized spacial score (nSPS) is 26.5. The molecule has 0 saturated carbocycles. The van der Waals surface area contributed by atoms with Gasteiger partial charge in [-0.15, -0.1) is 11.8 Å². The summed E-state index contributed by atoms with van der Waals surface area (Å²) in [6.07, 6.45) is 1.64. The lowest BCUT2D eigenvalue weighted by atomic mass is 10.4. The van der Waals surface area contributed by atoms with Crippen LogP contribution in [0.25, 0.3) is 0 Å². The first-order chi connectivity index (χ1) is 4.79. The third-order valence-corrected chi connectivity index (χ3v) is 2.11. The molecule has 0 aromatic rings. The highest BCUT2D eigenvalue weighted by Gasteiger charge is 2.03. The van der Waals surface area contributed by atoms with Gasteiger partial charge < -0.3 is 4.74 Å². The minimum atomic E-state index is 0.0738. The average molecular weight is 158 g/mol. The molecule has 0 aromatic heterocycles. The molecule has 0 spiro atoms. The minimum absolute atomic E-state index is 0.0738. The first-order valence-electron chi connectivity index (χ1n) is 3.21. The molecule has 10 heavy (non-hydrogen) atoms. The quantitative estimate of drug-likeness (QED) is 0.530. The Morgan fingerprint density at radius 1 is 1.70 bits per heavy atom. The van der Waals surface area contributed by atoms with Crippen molar-refractivity contribution in [1.82, 2.24) is 0 Å². The number of rotatable bonds is 0. The third kappa shape index (κ3) is 2.54. The topological polar surface area (TPSA) is 26.3 Å². The number of carbonyl (C=O) groups is 1. The molecular formula is C7H10O2S. The monoisotopic (exact) mass is 158 g/mol. The smallest absolute Gasteiger partial charge is 0.182 e. The van der Waals surface area contributed by atoms with Gasteiger partial charge in [-0.2, -0.15) is 0 Å². The van der Waals surface area contributed by atoms with Crippen molar-refractivity contribution in [2.75, 3.05) is 19.0 Å². The Balaban J connectivity index is 2.55. The average Bonchev–Trinajstić information content (AvgIpc) is 1.83. The van der Waals surface area contributed by atoms with Crippen LogP contribution in [0.4, 0.5) is 0 Å². The van der Waals surface area contributed by atoms with Crippen LogP contribution in [-0.4, -0.2) is 24.7 Å². The van der Waals surface area contributed by atoms with Crippen molar-refractivity contribution in [2.24, 2.45) is 0 Å². The van der Waals surface area contributed by atoms with E-state index in [1.807, 2.05) is 6.92 Å². The lowest BCUT2D eigenvalue weighted by molar-refractivity contribution is -0.118. The Morgan fingerprint density at radius 3 is 3.30 bits per heavy atom. The number of hydrogen-bond acceptors (Lipinski definition) is 3. The van der Waals surface area contributed by atoms with Gasteiger partial charge >= 0.3 is 0 Å². The highest BCUT2D eigenvalue weighted by atomic mass is 32.2. The van der Waals surface area contributed by atoms with Crippen LogP contribution in [0, 0.1) is 0 Å². The van der Waals surface area contributed by atoms with Crippen molar-refractivity contribution < 1.29 is 9.53 Å². The standard InChI is InChI=1S/C7H10O2S/c1-6-4-7(8)5-9-2-3-10-6/h4H,2-3,5H2,1H3/b6-4-. The molecule has 1 heterocycles. The fraction of sp³-hybridized carbons (Fsp3) is 0.571. The van der Waals surface area contributed by atoms with E-state index in [0.29, 0.717) is 6.61 Å². The summed E-state index contributed by atoms with van der Waals surface area (Å²) in [7, 11) is 0. The summed E-state index contributed by atoms with van der Waals surface area (Å²) < 4.78 is 5.02. The lowest BCUT2D eigenvalue weighted by Gasteiger charge is -2.06. The Morgan fingerprint density at radius 2 is 2.50 bits per heavy atom. The fourth-order valence-corrected chi connectivity index (χ4v) is 1.48. The zero-order valence-electron chi connectivity index (χ0n) is 5.92. The van der Waals surface area contributed by atoms with Gasteiger partial charge in [0.2, 0.25) is 0 Å². The second kappa shape index (κ2) is 3.78. The van der Waals surface area contributed by atoms with Crippen molar-refractivity contribution in [3.05, 3.63) is 11.0 Å². The number of allylic oxidation sites excluding steroid dienone is 1. The summed E-state index contributed by atoms with van der Waals surface area (Å²) in [5.74, 6) is 1.03. The molecule has 0 bridgehead atoms. The fourth-order valence-electron chi connectivity index (χ4n) is 0.744. The van der Waals surface area contributed by atoms with Crippen LogP contribution < -0.4 is 0 Å². The summed E-state index contributed by atoms with van der Waals surface area (Å²) in [5.41, 5.74) is 0. The molecule has 1 aliphatic rings. The van der Waals surface area contributed by atoms with Crippen molar-refractivity contribution in [3.63, 3.8) is 0 Å². The molecule has 0 N–H and O–H groups in total. The zero-order chi connectivity index (χ0) is 7.40. The van der Waals surface area contributed by atoms with Gasteiger partial charge in [0.25, 0.3) is 0 Å². The number of hydrogen-bond donors (Lipinski definition) is 0. The third-order valence-electron chi connectivity index (χ3n) is 1.17. The molecule has 0 radical (unpaired) electrons. The van der Waals surface area contributed by atoms with Crippen molar-refractivity contribution in [2.45, 2.75) is 6.92 Å². The van der Waals surface area contributed by atoms with E-state index in [9.17, 15) is 4.79 Å². The van der Waals surface area contributed by atoms with Crippen LogP contribution in [0.1, 0.15) is 6.92 Å². The first kappa shape index (κ1) is 7.82. The highest BCUT2D eigenvalue weighted by Crippen LogP contribution is 2.15. The molecule has 0 aromatic carbocycles. The van der Waals surface area contributed by atoms with E-state index in [0.717, 1.165) is 10.7 Å². The predicted octanol–water partition coefficient (Wildman–Crippen LogP) is 1.22. The van der Waals surface area contributed by atoms with Crippen LogP contribution in [0.15, 0.2) is 11.0 Å². The van der Waals surface area contributed by atoms with Crippen LogP contribution >= 0.6 is 11.8 Å². The highest BCUT2D eigenvalue weighted by molar-refractivity contribution is 8.03. The molecule has 0 fully saturated rings. The maximum absolute atomic E-state index is 10.8. The number of ether oxygens (including phenoxy) is 1. The molecule has 0 amide bonds. The Bertz CT molecular complexity index is 163. The van der Waals surface area contributed by atoms with E-state index < -0.39 is 0 Å². The van der Waals surface area contributed by atoms with Gasteiger partial charge in [-0.05, 0) is 17.9 Å². The van der Waals surface area contributed by atoms with E-state index in [1.54, 1.807) is 17.8 Å². The second-order valence-electron chi connectivity index (χ2n) is 2.12. The van der Waals surface area contributed by atoms with E-state index in [4.69, 9.17) is 4.74 Å². The zero-order valence-corrected chi connectivity index (χ0v) is 6.74. The Hall–Kier alpha value is -0.280. The molecule has 0 saturated heterocycles. The van der Waals surface area contributed by atoms with Gasteiger partial charge in [-0.25, -0.2) is 0 Å². The molecule has 1 rings (SSSR count). The molecule has 3 heteroatoms. The lowest BCUT2D eigenvalue weighted by Crippen LogP contribution is -2.10. The minimum Gasteiger partial charge on any atom is -0.372 e. The molecule has 0 atom stereocenters. The van der Waals surface area contributed by atoms with Crippen LogP contribution in [-0.2, 0) is 9.53 Å². The van der Waals surface area contributed by atoms with Crippen LogP contribution in [0.3, 0.4) is 0 Å². The Kier molecular flexibility index (Phi) is 2.96. The number of ketones is 1. The van der Waals surface area contributed by atoms with Gasteiger partial charge in [-0.3, -0.25) is 4.79 Å². The van der Waals surface area contributed by atoms with Crippen molar-refractivity contribution in [3.8, 4) is 0 Å². The van der Waals surface area contributed by atoms with E-state index in [1.165, 1.54) is 0 Å². The van der Waals surface area contributed by atoms with Crippen molar-refractivity contribution in [1.29, 1.82) is 0 Å². The summed E-state index contributed by atoms with van der Waals surface area (Å²) in [5, 5.41) is 0. The van der Waals surface area contributed by atoms with E-state index in [-0.39, 0.29) is 12.4 Å². The molecule has 2 nitrogen and oxygen atoms in total. The van der Waals surface area contributed by atoms with E-state index >= 15 is 0 Å². The van der Waals surface area contributed by atoms with Crippen LogP contribution in [0.5, 0.6) is 0 Å². The summed E-state index contributed by atoms with van der Waals surface area (Å²) in [4.78, 5) is 11.9. The summed E-state index contributed by atoms with van der Waals surface area (Å²) in [6.45, 7) is 2.88. The number of carbonyl (C=O) groups excluding carboxylic acids is 1. The summed E-state index contributed by atoms with van der Waals surface area (Å²) >= 11 is 1.67. The maximum atomic E-state index is 10.8. The van der Waals surface area contributed by atoms with Crippen LogP contribution in [0.2, 0.25) is 0 Å². The SMILES string of the molecule is C/C1=C/C(=O)COCCS1. The van der Waals surface area contributed by atoms with Gasteiger partial charge in [0, 0.05) is 5.75 Å². The van der Waals surface area contributed by atoms with Gasteiger partial charge in [0.15, 0.2) is 5.78 Å². The van der Waals surface area contributed by atoms with Gasteiger partial charge in [-0.1, -0.05) is 0 Å². The van der Waals surface area contributed by atoms with Gasteiger partial charge in [0.05, 0.1) is 6.61 Å². The van der Waals surface area contributed by atoms with Gasteiger partial charge in [0.1, 0.15) is 6.61 Å². The second-order valence-corrected chi connectivity index (χ2v) is 3.46. The molecule has 1 aliphatic heterocycles. The summed E-state index contributed by atoms with van der Waals surface area (Å²) in [6, 6.07) is 0.